The summed E-state index contributed by atoms with van der Waals surface area (Å²) in [6, 6.07) is 2.26. The van der Waals surface area contributed by atoms with Gasteiger partial charge in [0, 0.05) is 5.38 Å². The van der Waals surface area contributed by atoms with Gasteiger partial charge in [-0.05, 0) is 12.8 Å². The van der Waals surface area contributed by atoms with E-state index in [4.69, 9.17) is 0 Å². The number of thiazole rings is 1. The van der Waals surface area contributed by atoms with Gasteiger partial charge in [-0.15, -0.1) is 11.3 Å². The van der Waals surface area contributed by atoms with Crippen molar-refractivity contribution in [2.45, 2.75) is 45.1 Å². The predicted octanol–water partition coefficient (Wildman–Crippen LogP) is 2.62. The molecule has 1 aromatic rings. The highest BCUT2D eigenvalue weighted by molar-refractivity contribution is 7.07. The molecule has 1 saturated carbocycles. The van der Waals surface area contributed by atoms with Crippen LogP contribution in [0.3, 0.4) is 0 Å². The SMILES string of the molecule is N#CC1(C(=O)NCc2cscn2)CCCCCC1. The van der Waals surface area contributed by atoms with Gasteiger partial charge in [0.25, 0.3) is 0 Å². The number of nitrogens with zero attached hydrogens (tertiary/aromatic N) is 2. The molecule has 1 aromatic heterocycles. The third-order valence-corrected chi connectivity index (χ3v) is 4.15. The zero-order chi connectivity index (χ0) is 12.8. The number of aromatic nitrogens is 1. The lowest BCUT2D eigenvalue weighted by molar-refractivity contribution is -0.129. The molecular formula is C13H17N3OS. The van der Waals surface area contributed by atoms with Crippen LogP contribution in [0, 0.1) is 16.7 Å². The second kappa shape index (κ2) is 5.96. The fourth-order valence-corrected chi connectivity index (χ4v) is 2.94. The number of rotatable bonds is 3. The molecule has 1 aliphatic rings. The quantitative estimate of drug-likeness (QED) is 0.852. The van der Waals surface area contributed by atoms with Crippen LogP contribution < -0.4 is 5.32 Å². The smallest absolute Gasteiger partial charge is 0.240 e. The van der Waals surface area contributed by atoms with E-state index in [2.05, 4.69) is 16.4 Å². The van der Waals surface area contributed by atoms with Gasteiger partial charge in [-0.2, -0.15) is 5.26 Å². The van der Waals surface area contributed by atoms with E-state index in [1.54, 1.807) is 5.51 Å². The first kappa shape index (κ1) is 13.0. The van der Waals surface area contributed by atoms with Crippen LogP contribution in [-0.2, 0) is 11.3 Å². The van der Waals surface area contributed by atoms with Crippen LogP contribution in [0.1, 0.15) is 44.2 Å². The lowest BCUT2D eigenvalue weighted by Gasteiger charge is -2.23. The van der Waals surface area contributed by atoms with Crippen molar-refractivity contribution >= 4 is 17.2 Å². The summed E-state index contributed by atoms with van der Waals surface area (Å²) < 4.78 is 0. The summed E-state index contributed by atoms with van der Waals surface area (Å²) in [6.07, 6.45) is 5.57. The van der Waals surface area contributed by atoms with Crippen LogP contribution in [0.2, 0.25) is 0 Å². The maximum Gasteiger partial charge on any atom is 0.240 e. The number of carbonyl (C=O) groups excluding carboxylic acids is 1. The van der Waals surface area contributed by atoms with E-state index in [1.807, 2.05) is 5.38 Å². The molecule has 1 amide bonds. The molecule has 1 aliphatic carbocycles. The molecule has 1 N–H and O–H groups in total. The normalized spacial score (nSPS) is 18.6. The van der Waals surface area contributed by atoms with E-state index in [0.29, 0.717) is 19.4 Å². The maximum atomic E-state index is 12.2. The molecule has 0 atom stereocenters. The van der Waals surface area contributed by atoms with Gasteiger partial charge in [0.05, 0.1) is 23.8 Å². The molecule has 0 radical (unpaired) electrons. The predicted molar refractivity (Wildman–Crippen MR) is 69.7 cm³/mol. The van der Waals surface area contributed by atoms with E-state index in [0.717, 1.165) is 31.4 Å². The van der Waals surface area contributed by atoms with E-state index < -0.39 is 5.41 Å². The van der Waals surface area contributed by atoms with Crippen molar-refractivity contribution in [3.8, 4) is 6.07 Å². The molecule has 0 bridgehead atoms. The zero-order valence-corrected chi connectivity index (χ0v) is 11.1. The van der Waals surface area contributed by atoms with Crippen molar-refractivity contribution in [3.63, 3.8) is 0 Å². The monoisotopic (exact) mass is 263 g/mol. The molecule has 0 unspecified atom stereocenters. The van der Waals surface area contributed by atoms with E-state index in [9.17, 15) is 10.1 Å². The molecular weight excluding hydrogens is 246 g/mol. The summed E-state index contributed by atoms with van der Waals surface area (Å²) in [7, 11) is 0. The fourth-order valence-electron chi connectivity index (χ4n) is 2.39. The minimum absolute atomic E-state index is 0.125. The van der Waals surface area contributed by atoms with Crippen molar-refractivity contribution in [2.75, 3.05) is 0 Å². The van der Waals surface area contributed by atoms with Crippen LogP contribution in [0.25, 0.3) is 0 Å². The number of nitriles is 1. The Balaban J connectivity index is 1.98. The average molecular weight is 263 g/mol. The van der Waals surface area contributed by atoms with Crippen molar-refractivity contribution in [1.29, 1.82) is 5.26 Å². The Morgan fingerprint density at radius 1 is 1.44 bits per heavy atom. The van der Waals surface area contributed by atoms with Gasteiger partial charge in [0.1, 0.15) is 5.41 Å². The van der Waals surface area contributed by atoms with Crippen LogP contribution in [0.4, 0.5) is 0 Å². The number of nitrogens with one attached hydrogen (secondary N) is 1. The molecule has 0 spiro atoms. The molecule has 2 rings (SSSR count). The number of hydrogen-bond acceptors (Lipinski definition) is 4. The Hall–Kier alpha value is -1.41. The second-order valence-corrected chi connectivity index (χ2v) is 5.49. The molecule has 4 nitrogen and oxygen atoms in total. The van der Waals surface area contributed by atoms with Gasteiger partial charge in [-0.25, -0.2) is 4.98 Å². The summed E-state index contributed by atoms with van der Waals surface area (Å²) >= 11 is 1.51. The fraction of sp³-hybridized carbons (Fsp3) is 0.615. The van der Waals surface area contributed by atoms with Gasteiger partial charge in [0.15, 0.2) is 0 Å². The van der Waals surface area contributed by atoms with Crippen molar-refractivity contribution in [1.82, 2.24) is 10.3 Å². The van der Waals surface area contributed by atoms with Crippen LogP contribution in [0.15, 0.2) is 10.9 Å². The van der Waals surface area contributed by atoms with Gasteiger partial charge in [-0.1, -0.05) is 25.7 Å². The van der Waals surface area contributed by atoms with Crippen LogP contribution in [0.5, 0.6) is 0 Å². The Kier molecular flexibility index (Phi) is 4.32. The molecule has 0 saturated heterocycles. The highest BCUT2D eigenvalue weighted by atomic mass is 32.1. The molecule has 18 heavy (non-hydrogen) atoms. The molecule has 5 heteroatoms. The lowest BCUT2D eigenvalue weighted by Crippen LogP contribution is -2.39. The minimum Gasteiger partial charge on any atom is -0.349 e. The third kappa shape index (κ3) is 2.88. The van der Waals surface area contributed by atoms with Gasteiger partial charge >= 0.3 is 0 Å². The highest BCUT2D eigenvalue weighted by Gasteiger charge is 2.38. The molecule has 0 aromatic carbocycles. The molecule has 1 fully saturated rings. The maximum absolute atomic E-state index is 12.2. The zero-order valence-electron chi connectivity index (χ0n) is 10.3. The minimum atomic E-state index is -0.813. The summed E-state index contributed by atoms with van der Waals surface area (Å²) in [5.41, 5.74) is 1.79. The topological polar surface area (TPSA) is 65.8 Å². The number of carbonyl (C=O) groups is 1. The van der Waals surface area contributed by atoms with Crippen molar-refractivity contribution in [3.05, 3.63) is 16.6 Å². The third-order valence-electron chi connectivity index (χ3n) is 3.52. The Bertz CT molecular complexity index is 428. The van der Waals surface area contributed by atoms with E-state index in [-0.39, 0.29) is 5.91 Å². The van der Waals surface area contributed by atoms with Gasteiger partial charge < -0.3 is 5.32 Å². The van der Waals surface area contributed by atoms with Crippen LogP contribution >= 0.6 is 11.3 Å². The van der Waals surface area contributed by atoms with Gasteiger partial charge in [-0.3, -0.25) is 4.79 Å². The molecule has 0 aliphatic heterocycles. The van der Waals surface area contributed by atoms with Gasteiger partial charge in [0.2, 0.25) is 5.91 Å². The first-order valence-corrected chi connectivity index (χ1v) is 7.28. The Morgan fingerprint density at radius 3 is 2.72 bits per heavy atom. The summed E-state index contributed by atoms with van der Waals surface area (Å²) in [5, 5.41) is 14.1. The molecule has 96 valence electrons. The summed E-state index contributed by atoms with van der Waals surface area (Å²) in [6.45, 7) is 0.422. The van der Waals surface area contributed by atoms with E-state index >= 15 is 0 Å². The lowest BCUT2D eigenvalue weighted by atomic mass is 9.81. The van der Waals surface area contributed by atoms with E-state index in [1.165, 1.54) is 11.3 Å². The highest BCUT2D eigenvalue weighted by Crippen LogP contribution is 2.34. The second-order valence-electron chi connectivity index (χ2n) is 4.77. The number of hydrogen-bond donors (Lipinski definition) is 1. The van der Waals surface area contributed by atoms with Crippen molar-refractivity contribution in [2.24, 2.45) is 5.41 Å². The average Bonchev–Trinajstić information content (AvgIpc) is 2.79. The summed E-state index contributed by atoms with van der Waals surface area (Å²) in [5.74, 6) is -0.125. The Labute approximate surface area is 111 Å². The Morgan fingerprint density at radius 2 is 2.17 bits per heavy atom. The molecule has 1 heterocycles. The first-order chi connectivity index (χ1) is 8.77. The summed E-state index contributed by atoms with van der Waals surface area (Å²) in [4.78, 5) is 16.4. The standard InChI is InChI=1S/C13H17N3OS/c14-9-13(5-3-1-2-4-6-13)12(17)15-7-11-8-18-10-16-11/h8,10H,1-7H2,(H,15,17). The van der Waals surface area contributed by atoms with Crippen molar-refractivity contribution < 1.29 is 4.79 Å². The van der Waals surface area contributed by atoms with Crippen LogP contribution in [-0.4, -0.2) is 10.9 Å². The largest absolute Gasteiger partial charge is 0.349 e. The number of amides is 1. The first-order valence-electron chi connectivity index (χ1n) is 6.33.